The average Bonchev–Trinajstić information content (AvgIpc) is 2.90. The Morgan fingerprint density at radius 1 is 0.441 bits per heavy atom. The maximum Gasteiger partial charge on any atom is 0.0390 e. The summed E-state index contributed by atoms with van der Waals surface area (Å²) in [4.78, 5) is 0. The molecule has 0 aliphatic carbocycles. The topological polar surface area (TPSA) is 50.1 Å². The number of para-hydroxylation sites is 2. The Bertz CT molecular complexity index is 1360. The van der Waals surface area contributed by atoms with Gasteiger partial charge in [-0.25, -0.2) is 0 Å². The van der Waals surface area contributed by atoms with Crippen molar-refractivity contribution >= 4 is 22.7 Å². The van der Waals surface area contributed by atoms with Crippen LogP contribution in [-0.2, 0) is 6.54 Å². The van der Waals surface area contributed by atoms with Crippen molar-refractivity contribution in [3.05, 3.63) is 133 Å². The molecule has 0 radical (unpaired) electrons. The molecule has 3 heteroatoms. The number of nitrogens with one attached hydrogen (secondary N) is 2. The number of rotatable bonds is 7. The van der Waals surface area contributed by atoms with E-state index in [1.165, 1.54) is 5.56 Å². The molecule has 5 aromatic rings. The van der Waals surface area contributed by atoms with Crippen molar-refractivity contribution in [3.8, 4) is 22.3 Å². The number of benzene rings is 5. The van der Waals surface area contributed by atoms with Gasteiger partial charge in [-0.1, -0.05) is 78.9 Å². The highest BCUT2D eigenvalue weighted by atomic mass is 14.9. The van der Waals surface area contributed by atoms with Crippen LogP contribution in [0.15, 0.2) is 127 Å². The fraction of sp³-hybridized carbons (Fsp3) is 0.0323. The normalized spacial score (nSPS) is 10.6. The van der Waals surface area contributed by atoms with Gasteiger partial charge in [0.2, 0.25) is 0 Å². The minimum Gasteiger partial charge on any atom is -0.356 e. The van der Waals surface area contributed by atoms with Crippen LogP contribution < -0.4 is 16.4 Å². The lowest BCUT2D eigenvalue weighted by atomic mass is 9.91. The largest absolute Gasteiger partial charge is 0.356 e. The van der Waals surface area contributed by atoms with Gasteiger partial charge in [-0.15, -0.1) is 0 Å². The zero-order valence-electron chi connectivity index (χ0n) is 18.9. The van der Waals surface area contributed by atoms with Gasteiger partial charge in [-0.2, -0.15) is 0 Å². The quantitative estimate of drug-likeness (QED) is 0.240. The van der Waals surface area contributed by atoms with Crippen LogP contribution in [0.25, 0.3) is 22.3 Å². The summed E-state index contributed by atoms with van der Waals surface area (Å²) in [6.07, 6.45) is 0. The molecule has 0 aliphatic rings. The van der Waals surface area contributed by atoms with E-state index >= 15 is 0 Å². The molecule has 5 aromatic carbocycles. The zero-order valence-corrected chi connectivity index (χ0v) is 18.9. The van der Waals surface area contributed by atoms with Gasteiger partial charge in [0.15, 0.2) is 0 Å². The molecule has 4 N–H and O–H groups in total. The molecule has 3 nitrogen and oxygen atoms in total. The number of hydrogen-bond donors (Lipinski definition) is 3. The third-order valence-electron chi connectivity index (χ3n) is 5.87. The van der Waals surface area contributed by atoms with E-state index in [1.54, 1.807) is 0 Å². The molecule has 0 spiro atoms. The Labute approximate surface area is 200 Å². The first-order valence-corrected chi connectivity index (χ1v) is 11.5. The molecule has 0 aliphatic heterocycles. The van der Waals surface area contributed by atoms with Crippen LogP contribution in [0.2, 0.25) is 0 Å². The van der Waals surface area contributed by atoms with Gasteiger partial charge in [-0.3, -0.25) is 0 Å². The highest BCUT2D eigenvalue weighted by Gasteiger charge is 2.12. The summed E-state index contributed by atoms with van der Waals surface area (Å²) in [7, 11) is 0. The summed E-state index contributed by atoms with van der Waals surface area (Å²) in [5, 5.41) is 6.98. The van der Waals surface area contributed by atoms with Crippen LogP contribution >= 0.6 is 0 Å². The van der Waals surface area contributed by atoms with Gasteiger partial charge in [0.25, 0.3) is 0 Å². The fourth-order valence-electron chi connectivity index (χ4n) is 4.17. The third kappa shape index (κ3) is 4.85. The molecule has 0 bridgehead atoms. The molecule has 166 valence electrons. The van der Waals surface area contributed by atoms with E-state index in [0.29, 0.717) is 6.54 Å². The lowest BCUT2D eigenvalue weighted by molar-refractivity contribution is 1.07. The second-order valence-electron chi connectivity index (χ2n) is 8.18. The van der Waals surface area contributed by atoms with E-state index in [1.807, 2.05) is 42.5 Å². The van der Waals surface area contributed by atoms with Crippen LogP contribution in [0.4, 0.5) is 22.7 Å². The first-order valence-electron chi connectivity index (χ1n) is 11.5. The highest BCUT2D eigenvalue weighted by Crippen LogP contribution is 2.37. The van der Waals surface area contributed by atoms with Gasteiger partial charge in [0.05, 0.1) is 0 Å². The summed E-state index contributed by atoms with van der Waals surface area (Å²) in [6, 6.07) is 43.9. The van der Waals surface area contributed by atoms with Crippen LogP contribution in [0.1, 0.15) is 5.56 Å². The number of hydrogen-bond acceptors (Lipinski definition) is 3. The van der Waals surface area contributed by atoms with Crippen molar-refractivity contribution in [2.75, 3.05) is 10.6 Å². The lowest BCUT2D eigenvalue weighted by Gasteiger charge is -2.17. The maximum absolute atomic E-state index is 6.11. The van der Waals surface area contributed by atoms with Gasteiger partial charge < -0.3 is 16.4 Å². The third-order valence-corrected chi connectivity index (χ3v) is 5.87. The second kappa shape index (κ2) is 10.1. The highest BCUT2D eigenvalue weighted by molar-refractivity contribution is 5.88. The van der Waals surface area contributed by atoms with Crippen molar-refractivity contribution < 1.29 is 0 Å². The lowest BCUT2D eigenvalue weighted by Crippen LogP contribution is -2.00. The standard InChI is InChI=1S/C31H27N3/c32-22-24-9-7-8-14-29(24)31-21-28(34-26-12-5-2-6-13-26)19-20-30(31)23-15-17-27(18-16-23)33-25-10-3-1-4-11-25/h1-21,33-34H,22,32H2. The molecular formula is C31H27N3. The number of nitrogens with two attached hydrogens (primary N) is 1. The van der Waals surface area contributed by atoms with Crippen LogP contribution in [0, 0.1) is 0 Å². The zero-order chi connectivity index (χ0) is 23.2. The van der Waals surface area contributed by atoms with E-state index in [9.17, 15) is 0 Å². The van der Waals surface area contributed by atoms with Crippen molar-refractivity contribution in [2.24, 2.45) is 5.73 Å². The smallest absolute Gasteiger partial charge is 0.0390 e. The van der Waals surface area contributed by atoms with Gasteiger partial charge in [-0.05, 0) is 76.3 Å². The molecule has 0 saturated carbocycles. The van der Waals surface area contributed by atoms with E-state index in [0.717, 1.165) is 45.0 Å². The van der Waals surface area contributed by atoms with Crippen molar-refractivity contribution in [3.63, 3.8) is 0 Å². The Hall–Kier alpha value is -4.34. The van der Waals surface area contributed by atoms with Crippen LogP contribution in [0.3, 0.4) is 0 Å². The molecule has 0 fully saturated rings. The average molecular weight is 442 g/mol. The molecule has 5 rings (SSSR count). The Morgan fingerprint density at radius 2 is 0.971 bits per heavy atom. The predicted octanol–water partition coefficient (Wildman–Crippen LogP) is 7.97. The van der Waals surface area contributed by atoms with Crippen molar-refractivity contribution in [1.29, 1.82) is 0 Å². The van der Waals surface area contributed by atoms with E-state index in [2.05, 4.69) is 95.6 Å². The molecular weight excluding hydrogens is 414 g/mol. The number of anilines is 4. The summed E-state index contributed by atoms with van der Waals surface area (Å²) in [6.45, 7) is 0.492. The van der Waals surface area contributed by atoms with Crippen molar-refractivity contribution in [2.45, 2.75) is 6.54 Å². The maximum atomic E-state index is 6.11. The van der Waals surface area contributed by atoms with Crippen LogP contribution in [0.5, 0.6) is 0 Å². The molecule has 0 unspecified atom stereocenters. The summed E-state index contributed by atoms with van der Waals surface area (Å²) in [5.74, 6) is 0. The Kier molecular flexibility index (Phi) is 6.37. The van der Waals surface area contributed by atoms with Gasteiger partial charge in [0, 0.05) is 29.3 Å². The molecule has 0 atom stereocenters. The molecule has 0 amide bonds. The van der Waals surface area contributed by atoms with E-state index in [4.69, 9.17) is 5.73 Å². The molecule has 0 heterocycles. The first kappa shape index (κ1) is 21.5. The van der Waals surface area contributed by atoms with Crippen molar-refractivity contribution in [1.82, 2.24) is 0 Å². The summed E-state index contributed by atoms with van der Waals surface area (Å²) >= 11 is 0. The molecule has 0 aromatic heterocycles. The van der Waals surface area contributed by atoms with Gasteiger partial charge in [0.1, 0.15) is 0 Å². The molecule has 0 saturated heterocycles. The summed E-state index contributed by atoms with van der Waals surface area (Å²) < 4.78 is 0. The monoisotopic (exact) mass is 441 g/mol. The van der Waals surface area contributed by atoms with Crippen LogP contribution in [-0.4, -0.2) is 0 Å². The SMILES string of the molecule is NCc1ccccc1-c1cc(Nc2ccccc2)ccc1-c1ccc(Nc2ccccc2)cc1. The van der Waals surface area contributed by atoms with E-state index in [-0.39, 0.29) is 0 Å². The summed E-state index contributed by atoms with van der Waals surface area (Å²) in [5.41, 5.74) is 16.1. The predicted molar refractivity (Wildman–Crippen MR) is 145 cm³/mol. The molecule has 34 heavy (non-hydrogen) atoms. The minimum atomic E-state index is 0.492. The Morgan fingerprint density at radius 3 is 1.62 bits per heavy atom. The fourth-order valence-corrected chi connectivity index (χ4v) is 4.17. The van der Waals surface area contributed by atoms with Gasteiger partial charge >= 0.3 is 0 Å². The van der Waals surface area contributed by atoms with E-state index < -0.39 is 0 Å². The second-order valence-corrected chi connectivity index (χ2v) is 8.18. The minimum absolute atomic E-state index is 0.492. The Balaban J connectivity index is 1.53. The first-order chi connectivity index (χ1) is 16.8.